The maximum Gasteiger partial charge on any atom is 0.141 e. The van der Waals surface area contributed by atoms with Crippen molar-refractivity contribution in [3.05, 3.63) is 12.2 Å². The zero-order chi connectivity index (χ0) is 14.1. The van der Waals surface area contributed by atoms with Gasteiger partial charge in [-0.05, 0) is 5.92 Å². The maximum atomic E-state index is 8.70. The largest absolute Gasteiger partial charge is 0.383 e. The van der Waals surface area contributed by atoms with Crippen LogP contribution in [0.3, 0.4) is 0 Å². The minimum atomic E-state index is 0.516. The first-order valence-electron chi connectivity index (χ1n) is 6.62. The minimum Gasteiger partial charge on any atom is -0.383 e. The smallest absolute Gasteiger partial charge is 0.141 e. The van der Waals surface area contributed by atoms with Crippen LogP contribution >= 0.6 is 0 Å². The third kappa shape index (κ3) is 5.81. The van der Waals surface area contributed by atoms with Crippen molar-refractivity contribution in [2.75, 3.05) is 26.8 Å². The van der Waals surface area contributed by atoms with Gasteiger partial charge in [0, 0.05) is 33.2 Å². The SMILES string of the molecule is COCCN(CCC#N)Cc1ncnn1CC(C)C. The van der Waals surface area contributed by atoms with E-state index >= 15 is 0 Å². The monoisotopic (exact) mass is 265 g/mol. The summed E-state index contributed by atoms with van der Waals surface area (Å²) in [4.78, 5) is 6.49. The number of hydrogen-bond acceptors (Lipinski definition) is 5. The number of rotatable bonds is 9. The van der Waals surface area contributed by atoms with E-state index in [1.807, 2.05) is 4.68 Å². The molecule has 106 valence electrons. The topological polar surface area (TPSA) is 67.0 Å². The molecule has 0 saturated heterocycles. The lowest BCUT2D eigenvalue weighted by Crippen LogP contribution is -2.29. The predicted molar refractivity (Wildman–Crippen MR) is 72.2 cm³/mol. The van der Waals surface area contributed by atoms with Gasteiger partial charge in [-0.2, -0.15) is 10.4 Å². The van der Waals surface area contributed by atoms with Crippen LogP contribution in [0.4, 0.5) is 0 Å². The Morgan fingerprint density at radius 1 is 1.47 bits per heavy atom. The molecule has 0 bridgehead atoms. The standard InChI is InChI=1S/C13H23N5O/c1-12(2)9-18-13(15-11-16-18)10-17(6-4-5-14)7-8-19-3/h11-12H,4,6-10H2,1-3H3. The average molecular weight is 265 g/mol. The molecule has 0 aliphatic carbocycles. The Hall–Kier alpha value is -1.45. The second-order valence-corrected chi connectivity index (χ2v) is 4.93. The molecule has 0 aromatic carbocycles. The van der Waals surface area contributed by atoms with Gasteiger partial charge < -0.3 is 4.74 Å². The predicted octanol–water partition coefficient (Wildman–Crippen LogP) is 1.30. The summed E-state index contributed by atoms with van der Waals surface area (Å²) in [5.74, 6) is 1.48. The highest BCUT2D eigenvalue weighted by molar-refractivity contribution is 4.86. The number of aromatic nitrogens is 3. The first kappa shape index (κ1) is 15.6. The summed E-state index contributed by atoms with van der Waals surface area (Å²) in [6.45, 7) is 8.07. The van der Waals surface area contributed by atoms with Crippen molar-refractivity contribution in [1.82, 2.24) is 19.7 Å². The minimum absolute atomic E-state index is 0.516. The van der Waals surface area contributed by atoms with Crippen molar-refractivity contribution in [2.45, 2.75) is 33.4 Å². The molecular formula is C13H23N5O. The van der Waals surface area contributed by atoms with E-state index in [9.17, 15) is 0 Å². The Morgan fingerprint density at radius 2 is 2.26 bits per heavy atom. The highest BCUT2D eigenvalue weighted by atomic mass is 16.5. The number of nitriles is 1. The molecule has 0 aliphatic rings. The Labute approximate surface area is 115 Å². The second-order valence-electron chi connectivity index (χ2n) is 4.93. The van der Waals surface area contributed by atoms with E-state index in [1.165, 1.54) is 0 Å². The van der Waals surface area contributed by atoms with Crippen LogP contribution < -0.4 is 0 Å². The molecule has 6 nitrogen and oxygen atoms in total. The van der Waals surface area contributed by atoms with Crippen LogP contribution in [0, 0.1) is 17.2 Å². The van der Waals surface area contributed by atoms with Crippen molar-refractivity contribution >= 4 is 0 Å². The van der Waals surface area contributed by atoms with Gasteiger partial charge >= 0.3 is 0 Å². The second kappa shape index (κ2) is 8.62. The van der Waals surface area contributed by atoms with Gasteiger partial charge in [0.2, 0.25) is 0 Å². The summed E-state index contributed by atoms with van der Waals surface area (Å²) in [6, 6.07) is 2.18. The van der Waals surface area contributed by atoms with Gasteiger partial charge in [0.15, 0.2) is 0 Å². The Bertz CT molecular complexity index is 396. The van der Waals surface area contributed by atoms with Crippen molar-refractivity contribution in [3.63, 3.8) is 0 Å². The highest BCUT2D eigenvalue weighted by Crippen LogP contribution is 2.05. The summed E-state index contributed by atoms with van der Waals surface area (Å²) in [5.41, 5.74) is 0. The van der Waals surface area contributed by atoms with Gasteiger partial charge in [0.25, 0.3) is 0 Å². The fourth-order valence-corrected chi connectivity index (χ4v) is 1.81. The molecule has 0 unspecified atom stereocenters. The van der Waals surface area contributed by atoms with Crippen molar-refractivity contribution < 1.29 is 4.74 Å². The van der Waals surface area contributed by atoms with E-state index in [4.69, 9.17) is 10.00 Å². The van der Waals surface area contributed by atoms with E-state index in [-0.39, 0.29) is 0 Å². The van der Waals surface area contributed by atoms with Crippen LogP contribution in [-0.2, 0) is 17.8 Å². The van der Waals surface area contributed by atoms with E-state index < -0.39 is 0 Å². The van der Waals surface area contributed by atoms with Gasteiger partial charge in [-0.15, -0.1) is 0 Å². The van der Waals surface area contributed by atoms with Crippen molar-refractivity contribution in [2.24, 2.45) is 5.92 Å². The molecule has 1 heterocycles. The molecular weight excluding hydrogens is 242 g/mol. The molecule has 0 fully saturated rings. The number of hydrogen-bond donors (Lipinski definition) is 0. The van der Waals surface area contributed by atoms with Crippen LogP contribution in [0.2, 0.25) is 0 Å². The molecule has 0 N–H and O–H groups in total. The fraction of sp³-hybridized carbons (Fsp3) is 0.769. The fourth-order valence-electron chi connectivity index (χ4n) is 1.81. The zero-order valence-electron chi connectivity index (χ0n) is 12.0. The van der Waals surface area contributed by atoms with Gasteiger partial charge in [-0.1, -0.05) is 13.8 Å². The molecule has 19 heavy (non-hydrogen) atoms. The molecule has 0 radical (unpaired) electrons. The lowest BCUT2D eigenvalue weighted by Gasteiger charge is -2.20. The normalized spacial score (nSPS) is 11.2. The molecule has 0 spiro atoms. The van der Waals surface area contributed by atoms with Crippen LogP contribution in [-0.4, -0.2) is 46.5 Å². The molecule has 0 amide bonds. The van der Waals surface area contributed by atoms with E-state index in [2.05, 4.69) is 34.9 Å². The Balaban J connectivity index is 2.61. The van der Waals surface area contributed by atoms with Gasteiger partial charge in [-0.3, -0.25) is 4.90 Å². The lowest BCUT2D eigenvalue weighted by molar-refractivity contribution is 0.142. The van der Waals surface area contributed by atoms with Gasteiger partial charge in [0.05, 0.1) is 19.2 Å². The molecule has 6 heteroatoms. The van der Waals surface area contributed by atoms with E-state index in [0.717, 1.165) is 25.5 Å². The molecule has 1 aromatic heterocycles. The quantitative estimate of drug-likeness (QED) is 0.673. The first-order valence-corrected chi connectivity index (χ1v) is 6.62. The third-order valence-electron chi connectivity index (χ3n) is 2.75. The Morgan fingerprint density at radius 3 is 2.89 bits per heavy atom. The summed E-state index contributed by atoms with van der Waals surface area (Å²) in [6.07, 6.45) is 2.11. The average Bonchev–Trinajstić information content (AvgIpc) is 2.79. The molecule has 0 saturated carbocycles. The number of ether oxygens (including phenoxy) is 1. The molecule has 0 aliphatic heterocycles. The summed E-state index contributed by atoms with van der Waals surface area (Å²) in [5, 5.41) is 13.0. The van der Waals surface area contributed by atoms with E-state index in [0.29, 0.717) is 25.5 Å². The Kier molecular flexibility index (Phi) is 7.08. The molecule has 1 rings (SSSR count). The van der Waals surface area contributed by atoms with Gasteiger partial charge in [0.1, 0.15) is 12.2 Å². The first-order chi connectivity index (χ1) is 9.17. The highest BCUT2D eigenvalue weighted by Gasteiger charge is 2.11. The van der Waals surface area contributed by atoms with Crippen LogP contribution in [0.25, 0.3) is 0 Å². The van der Waals surface area contributed by atoms with Crippen molar-refractivity contribution in [3.8, 4) is 6.07 Å². The summed E-state index contributed by atoms with van der Waals surface area (Å²) in [7, 11) is 1.68. The van der Waals surface area contributed by atoms with Crippen LogP contribution in [0.1, 0.15) is 26.1 Å². The third-order valence-corrected chi connectivity index (χ3v) is 2.75. The lowest BCUT2D eigenvalue weighted by atomic mass is 10.2. The number of nitrogens with zero attached hydrogens (tertiary/aromatic N) is 5. The molecule has 1 aromatic rings. The summed E-state index contributed by atoms with van der Waals surface area (Å²) < 4.78 is 7.04. The van der Waals surface area contributed by atoms with Gasteiger partial charge in [-0.25, -0.2) is 9.67 Å². The summed E-state index contributed by atoms with van der Waals surface area (Å²) >= 11 is 0. The number of methoxy groups -OCH3 is 1. The van der Waals surface area contributed by atoms with Crippen LogP contribution in [0.5, 0.6) is 0 Å². The molecule has 0 atom stereocenters. The maximum absolute atomic E-state index is 8.70. The van der Waals surface area contributed by atoms with E-state index in [1.54, 1.807) is 13.4 Å². The zero-order valence-corrected chi connectivity index (χ0v) is 12.0. The van der Waals surface area contributed by atoms with Crippen molar-refractivity contribution in [1.29, 1.82) is 5.26 Å². The van der Waals surface area contributed by atoms with Crippen LogP contribution in [0.15, 0.2) is 6.33 Å².